The zero-order chi connectivity index (χ0) is 10.8. The Morgan fingerprint density at radius 3 is 2.47 bits per heavy atom. The molecule has 0 saturated carbocycles. The monoisotopic (exact) mass is 262 g/mol. The Kier molecular flexibility index (Phi) is 2.82. The molecule has 76 valence electrons. The van der Waals surface area contributed by atoms with E-state index in [9.17, 15) is 0 Å². The molecular weight excluding hydrogens is 252 g/mol. The van der Waals surface area contributed by atoms with E-state index in [2.05, 4.69) is 58.2 Å². The molecule has 0 bridgehead atoms. The van der Waals surface area contributed by atoms with Crippen molar-refractivity contribution >= 4 is 15.9 Å². The van der Waals surface area contributed by atoms with E-state index in [1.165, 1.54) is 11.1 Å². The first kappa shape index (κ1) is 10.3. The van der Waals surface area contributed by atoms with Gasteiger partial charge in [-0.3, -0.25) is 0 Å². The molecule has 0 aliphatic heterocycles. The van der Waals surface area contributed by atoms with Crippen molar-refractivity contribution < 1.29 is 0 Å². The molecule has 0 atom stereocenters. The summed E-state index contributed by atoms with van der Waals surface area (Å²) in [5.41, 5.74) is 4.52. The van der Waals surface area contributed by atoms with Gasteiger partial charge in [-0.15, -0.1) is 10.2 Å². The summed E-state index contributed by atoms with van der Waals surface area (Å²) in [6.07, 6.45) is 0. The third-order valence-corrected chi connectivity index (χ3v) is 2.72. The Balaban J connectivity index is 2.53. The van der Waals surface area contributed by atoms with Crippen molar-refractivity contribution in [2.45, 2.75) is 13.8 Å². The van der Waals surface area contributed by atoms with Gasteiger partial charge in [0.2, 0.25) is 0 Å². The van der Waals surface area contributed by atoms with Gasteiger partial charge in [-0.25, -0.2) is 0 Å². The Hall–Kier alpha value is -1.22. The van der Waals surface area contributed by atoms with Crippen LogP contribution in [0.3, 0.4) is 0 Å². The predicted molar refractivity (Wildman–Crippen MR) is 64.6 cm³/mol. The zero-order valence-corrected chi connectivity index (χ0v) is 10.2. The molecule has 2 rings (SSSR count). The van der Waals surface area contributed by atoms with Gasteiger partial charge in [-0.2, -0.15) is 0 Å². The largest absolute Gasteiger partial charge is 0.149 e. The smallest absolute Gasteiger partial charge is 0.128 e. The normalized spacial score (nSPS) is 10.3. The predicted octanol–water partition coefficient (Wildman–Crippen LogP) is 3.52. The Bertz CT molecular complexity index is 477. The van der Waals surface area contributed by atoms with E-state index in [1.807, 2.05) is 12.1 Å². The van der Waals surface area contributed by atoms with Gasteiger partial charge in [0.1, 0.15) is 4.60 Å². The molecule has 2 nitrogen and oxygen atoms in total. The van der Waals surface area contributed by atoms with E-state index < -0.39 is 0 Å². The van der Waals surface area contributed by atoms with Crippen molar-refractivity contribution in [1.82, 2.24) is 10.2 Å². The highest BCUT2D eigenvalue weighted by molar-refractivity contribution is 9.10. The van der Waals surface area contributed by atoms with Crippen LogP contribution in [-0.2, 0) is 0 Å². The minimum absolute atomic E-state index is 0.761. The van der Waals surface area contributed by atoms with Crippen molar-refractivity contribution in [2.75, 3.05) is 0 Å². The summed E-state index contributed by atoms with van der Waals surface area (Å²) in [4.78, 5) is 0. The SMILES string of the molecule is Cc1ccc(C)c(-c2ccc(Br)nn2)c1. The van der Waals surface area contributed by atoms with Crippen molar-refractivity contribution in [3.05, 3.63) is 46.1 Å². The van der Waals surface area contributed by atoms with Crippen LogP contribution in [0.2, 0.25) is 0 Å². The van der Waals surface area contributed by atoms with E-state index in [0.29, 0.717) is 0 Å². The quantitative estimate of drug-likeness (QED) is 0.786. The lowest BCUT2D eigenvalue weighted by atomic mass is 10.0. The third-order valence-electron chi connectivity index (χ3n) is 2.30. The molecule has 0 N–H and O–H groups in total. The highest BCUT2D eigenvalue weighted by Gasteiger charge is 2.03. The maximum Gasteiger partial charge on any atom is 0.128 e. The van der Waals surface area contributed by atoms with Crippen LogP contribution in [0.25, 0.3) is 11.3 Å². The van der Waals surface area contributed by atoms with E-state index in [0.717, 1.165) is 15.9 Å². The molecule has 3 heteroatoms. The van der Waals surface area contributed by atoms with Crippen molar-refractivity contribution in [3.8, 4) is 11.3 Å². The average Bonchev–Trinajstić information content (AvgIpc) is 2.23. The van der Waals surface area contributed by atoms with Gasteiger partial charge in [-0.1, -0.05) is 17.7 Å². The first-order valence-electron chi connectivity index (χ1n) is 4.73. The Morgan fingerprint density at radius 1 is 1.00 bits per heavy atom. The lowest BCUT2D eigenvalue weighted by Crippen LogP contribution is -1.90. The minimum atomic E-state index is 0.761. The second-order valence-electron chi connectivity index (χ2n) is 3.56. The molecule has 0 radical (unpaired) electrons. The van der Waals surface area contributed by atoms with Crippen LogP contribution in [0.1, 0.15) is 11.1 Å². The second-order valence-corrected chi connectivity index (χ2v) is 4.37. The number of hydrogen-bond acceptors (Lipinski definition) is 2. The summed E-state index contributed by atoms with van der Waals surface area (Å²) in [7, 11) is 0. The van der Waals surface area contributed by atoms with E-state index >= 15 is 0 Å². The maximum absolute atomic E-state index is 4.15. The minimum Gasteiger partial charge on any atom is -0.149 e. The molecular formula is C12H11BrN2. The van der Waals surface area contributed by atoms with Gasteiger partial charge < -0.3 is 0 Å². The van der Waals surface area contributed by atoms with E-state index in [1.54, 1.807) is 0 Å². The summed E-state index contributed by atoms with van der Waals surface area (Å²) < 4.78 is 0.761. The van der Waals surface area contributed by atoms with Crippen molar-refractivity contribution in [1.29, 1.82) is 0 Å². The number of aromatic nitrogens is 2. The molecule has 0 unspecified atom stereocenters. The van der Waals surface area contributed by atoms with Crippen LogP contribution in [0.5, 0.6) is 0 Å². The lowest BCUT2D eigenvalue weighted by molar-refractivity contribution is 1.01. The number of benzene rings is 1. The molecule has 0 spiro atoms. The van der Waals surface area contributed by atoms with Crippen LogP contribution in [0, 0.1) is 13.8 Å². The first-order chi connectivity index (χ1) is 7.16. The molecule has 0 fully saturated rings. The molecule has 1 aromatic carbocycles. The van der Waals surface area contributed by atoms with Crippen LogP contribution in [0.4, 0.5) is 0 Å². The number of halogens is 1. The molecule has 15 heavy (non-hydrogen) atoms. The van der Waals surface area contributed by atoms with Crippen molar-refractivity contribution in [3.63, 3.8) is 0 Å². The van der Waals surface area contributed by atoms with Crippen LogP contribution < -0.4 is 0 Å². The number of hydrogen-bond donors (Lipinski definition) is 0. The Labute approximate surface area is 97.5 Å². The molecule has 1 aromatic heterocycles. The fourth-order valence-corrected chi connectivity index (χ4v) is 1.68. The lowest BCUT2D eigenvalue weighted by Gasteiger charge is -2.05. The van der Waals surface area contributed by atoms with Crippen LogP contribution >= 0.6 is 15.9 Å². The fourth-order valence-electron chi connectivity index (χ4n) is 1.47. The van der Waals surface area contributed by atoms with E-state index in [-0.39, 0.29) is 0 Å². The van der Waals surface area contributed by atoms with Gasteiger partial charge >= 0.3 is 0 Å². The molecule has 0 amide bonds. The number of aryl methyl sites for hydroxylation is 2. The van der Waals surface area contributed by atoms with Crippen LogP contribution in [0.15, 0.2) is 34.9 Å². The average molecular weight is 263 g/mol. The zero-order valence-electron chi connectivity index (χ0n) is 8.66. The van der Waals surface area contributed by atoms with Crippen molar-refractivity contribution in [2.24, 2.45) is 0 Å². The second kappa shape index (κ2) is 4.11. The summed E-state index contributed by atoms with van der Waals surface area (Å²) in [5, 5.41) is 8.15. The van der Waals surface area contributed by atoms with Crippen LogP contribution in [-0.4, -0.2) is 10.2 Å². The molecule has 0 saturated heterocycles. The van der Waals surface area contributed by atoms with Gasteiger partial charge in [-0.05, 0) is 53.5 Å². The number of nitrogens with zero attached hydrogens (tertiary/aromatic N) is 2. The number of rotatable bonds is 1. The highest BCUT2D eigenvalue weighted by Crippen LogP contribution is 2.22. The van der Waals surface area contributed by atoms with Gasteiger partial charge in [0, 0.05) is 5.56 Å². The summed E-state index contributed by atoms with van der Waals surface area (Å²) >= 11 is 3.28. The van der Waals surface area contributed by atoms with Gasteiger partial charge in [0.15, 0.2) is 0 Å². The van der Waals surface area contributed by atoms with Gasteiger partial charge in [0.05, 0.1) is 5.69 Å². The summed E-state index contributed by atoms with van der Waals surface area (Å²) in [5.74, 6) is 0. The fraction of sp³-hybridized carbons (Fsp3) is 0.167. The Morgan fingerprint density at radius 2 is 1.80 bits per heavy atom. The standard InChI is InChI=1S/C12H11BrN2/c1-8-3-4-9(2)10(7-8)11-5-6-12(13)15-14-11/h3-7H,1-2H3. The van der Waals surface area contributed by atoms with E-state index in [4.69, 9.17) is 0 Å². The molecule has 0 aliphatic rings. The first-order valence-corrected chi connectivity index (χ1v) is 5.53. The molecule has 0 aliphatic carbocycles. The summed E-state index contributed by atoms with van der Waals surface area (Å²) in [6, 6.07) is 10.2. The van der Waals surface area contributed by atoms with Gasteiger partial charge in [0.25, 0.3) is 0 Å². The maximum atomic E-state index is 4.15. The third kappa shape index (κ3) is 2.23. The molecule has 1 heterocycles. The highest BCUT2D eigenvalue weighted by atomic mass is 79.9. The topological polar surface area (TPSA) is 25.8 Å². The summed E-state index contributed by atoms with van der Waals surface area (Å²) in [6.45, 7) is 4.16. The molecule has 2 aromatic rings.